The summed E-state index contributed by atoms with van der Waals surface area (Å²) in [5.41, 5.74) is 2.05. The Kier molecular flexibility index (Phi) is 3.70. The van der Waals surface area contributed by atoms with E-state index >= 15 is 0 Å². The number of carbonyl (C=O) groups excluding carboxylic acids is 2. The van der Waals surface area contributed by atoms with Crippen LogP contribution in [0, 0.1) is 0 Å². The van der Waals surface area contributed by atoms with Gasteiger partial charge in [-0.25, -0.2) is 0 Å². The number of likely N-dealkylation sites (tertiary alicyclic amines) is 1. The second-order valence-corrected chi connectivity index (χ2v) is 6.20. The molecule has 0 radical (unpaired) electrons. The standard InChI is InChI=1S/C17H22N2O2/c1-12-7-5-6-10-18(12)16(20)17(21)19-13(2)11-14-8-3-4-9-15(14)19/h3-4,8-9,12-13H,5-7,10-11H2,1-2H3. The minimum Gasteiger partial charge on any atom is -0.332 e. The molecule has 2 aliphatic rings. The fourth-order valence-corrected chi connectivity index (χ4v) is 3.50. The van der Waals surface area contributed by atoms with Crippen molar-refractivity contribution in [2.45, 2.75) is 51.6 Å². The molecule has 0 saturated carbocycles. The number of nitrogens with zero attached hydrogens (tertiary/aromatic N) is 2. The lowest BCUT2D eigenvalue weighted by molar-refractivity contribution is -0.146. The van der Waals surface area contributed by atoms with Gasteiger partial charge in [0, 0.05) is 24.3 Å². The molecule has 112 valence electrons. The zero-order valence-corrected chi connectivity index (χ0v) is 12.7. The van der Waals surface area contributed by atoms with Gasteiger partial charge in [-0.15, -0.1) is 0 Å². The number of amides is 2. The number of hydrogen-bond acceptors (Lipinski definition) is 2. The maximum absolute atomic E-state index is 12.7. The summed E-state index contributed by atoms with van der Waals surface area (Å²) in [5.74, 6) is -0.716. The summed E-state index contributed by atoms with van der Waals surface area (Å²) in [7, 11) is 0. The zero-order valence-electron chi connectivity index (χ0n) is 12.7. The van der Waals surface area contributed by atoms with Gasteiger partial charge in [0.25, 0.3) is 0 Å². The quantitative estimate of drug-likeness (QED) is 0.687. The molecule has 2 heterocycles. The number of fused-ring (bicyclic) bond motifs is 1. The van der Waals surface area contributed by atoms with Crippen LogP contribution in [0.5, 0.6) is 0 Å². The van der Waals surface area contributed by atoms with E-state index in [1.807, 2.05) is 38.1 Å². The molecule has 2 atom stereocenters. The van der Waals surface area contributed by atoms with Gasteiger partial charge in [-0.3, -0.25) is 9.59 Å². The van der Waals surface area contributed by atoms with Gasteiger partial charge in [0.2, 0.25) is 0 Å². The summed E-state index contributed by atoms with van der Waals surface area (Å²) >= 11 is 0. The molecular weight excluding hydrogens is 264 g/mol. The number of para-hydroxylation sites is 1. The molecule has 1 saturated heterocycles. The Morgan fingerprint density at radius 1 is 1.05 bits per heavy atom. The number of rotatable bonds is 0. The van der Waals surface area contributed by atoms with Crippen molar-refractivity contribution in [2.75, 3.05) is 11.4 Å². The third kappa shape index (κ3) is 2.43. The van der Waals surface area contributed by atoms with Gasteiger partial charge < -0.3 is 9.80 Å². The summed E-state index contributed by atoms with van der Waals surface area (Å²) in [6.45, 7) is 4.74. The van der Waals surface area contributed by atoms with Crippen molar-refractivity contribution in [1.29, 1.82) is 0 Å². The fourth-order valence-electron chi connectivity index (χ4n) is 3.50. The van der Waals surface area contributed by atoms with E-state index in [-0.39, 0.29) is 23.9 Å². The van der Waals surface area contributed by atoms with Gasteiger partial charge in [-0.1, -0.05) is 18.2 Å². The maximum atomic E-state index is 12.7. The Balaban J connectivity index is 1.83. The van der Waals surface area contributed by atoms with Crippen molar-refractivity contribution >= 4 is 17.5 Å². The molecule has 4 nitrogen and oxygen atoms in total. The highest BCUT2D eigenvalue weighted by molar-refractivity contribution is 6.40. The molecule has 1 aromatic carbocycles. The normalized spacial score (nSPS) is 24.9. The van der Waals surface area contributed by atoms with Crippen molar-refractivity contribution < 1.29 is 9.59 Å². The first-order chi connectivity index (χ1) is 10.1. The molecule has 21 heavy (non-hydrogen) atoms. The Bertz CT molecular complexity index is 570. The first-order valence-electron chi connectivity index (χ1n) is 7.81. The SMILES string of the molecule is CC1CCCCN1C(=O)C(=O)N1c2ccccc2CC1C. The molecule has 2 unspecified atom stereocenters. The van der Waals surface area contributed by atoms with E-state index in [2.05, 4.69) is 0 Å². The minimum absolute atomic E-state index is 0.0546. The predicted molar refractivity (Wildman–Crippen MR) is 82.1 cm³/mol. The average Bonchev–Trinajstić information content (AvgIpc) is 2.82. The number of carbonyl (C=O) groups is 2. The topological polar surface area (TPSA) is 40.6 Å². The maximum Gasteiger partial charge on any atom is 0.316 e. The van der Waals surface area contributed by atoms with Gasteiger partial charge in [0.15, 0.2) is 0 Å². The minimum atomic E-state index is -0.374. The van der Waals surface area contributed by atoms with E-state index in [1.54, 1.807) is 9.80 Å². The largest absolute Gasteiger partial charge is 0.332 e. The Labute approximate surface area is 125 Å². The molecule has 0 bridgehead atoms. The third-order valence-corrected chi connectivity index (χ3v) is 4.67. The van der Waals surface area contributed by atoms with Crippen molar-refractivity contribution in [2.24, 2.45) is 0 Å². The van der Waals surface area contributed by atoms with Gasteiger partial charge in [0.1, 0.15) is 0 Å². The van der Waals surface area contributed by atoms with Gasteiger partial charge >= 0.3 is 11.8 Å². The van der Waals surface area contributed by atoms with Gasteiger partial charge in [-0.2, -0.15) is 0 Å². The molecule has 1 fully saturated rings. The number of hydrogen-bond donors (Lipinski definition) is 0. The summed E-state index contributed by atoms with van der Waals surface area (Å²) in [6.07, 6.45) is 3.95. The van der Waals surface area contributed by atoms with E-state index < -0.39 is 0 Å². The van der Waals surface area contributed by atoms with Crippen LogP contribution in [-0.2, 0) is 16.0 Å². The predicted octanol–water partition coefficient (Wildman–Crippen LogP) is 2.37. The molecule has 0 spiro atoms. The van der Waals surface area contributed by atoms with Crippen LogP contribution in [0.4, 0.5) is 5.69 Å². The molecule has 0 aliphatic carbocycles. The Morgan fingerprint density at radius 2 is 1.81 bits per heavy atom. The van der Waals surface area contributed by atoms with Crippen LogP contribution in [0.1, 0.15) is 38.7 Å². The summed E-state index contributed by atoms with van der Waals surface area (Å²) < 4.78 is 0. The van der Waals surface area contributed by atoms with E-state index in [1.165, 1.54) is 0 Å². The lowest BCUT2D eigenvalue weighted by Gasteiger charge is -2.34. The highest BCUT2D eigenvalue weighted by Gasteiger charge is 2.37. The smallest absolute Gasteiger partial charge is 0.316 e. The number of benzene rings is 1. The van der Waals surface area contributed by atoms with Crippen molar-refractivity contribution in [3.05, 3.63) is 29.8 Å². The lowest BCUT2D eigenvalue weighted by Crippen LogP contribution is -2.51. The fraction of sp³-hybridized carbons (Fsp3) is 0.529. The second kappa shape index (κ2) is 5.51. The zero-order chi connectivity index (χ0) is 15.0. The van der Waals surface area contributed by atoms with Crippen molar-refractivity contribution in [3.63, 3.8) is 0 Å². The van der Waals surface area contributed by atoms with Crippen LogP contribution in [-0.4, -0.2) is 35.3 Å². The van der Waals surface area contributed by atoms with Crippen LogP contribution >= 0.6 is 0 Å². The van der Waals surface area contributed by atoms with Crippen molar-refractivity contribution in [1.82, 2.24) is 4.90 Å². The molecule has 2 aliphatic heterocycles. The number of piperidine rings is 1. The highest BCUT2D eigenvalue weighted by Crippen LogP contribution is 2.32. The number of anilines is 1. The summed E-state index contributed by atoms with van der Waals surface area (Å²) in [6, 6.07) is 8.10. The van der Waals surface area contributed by atoms with Crippen LogP contribution in [0.25, 0.3) is 0 Å². The first kappa shape index (κ1) is 14.1. The molecule has 1 aromatic rings. The summed E-state index contributed by atoms with van der Waals surface area (Å²) in [5, 5.41) is 0. The molecule has 2 amide bonds. The van der Waals surface area contributed by atoms with Gasteiger partial charge in [-0.05, 0) is 51.2 Å². The molecular formula is C17H22N2O2. The van der Waals surface area contributed by atoms with E-state index in [4.69, 9.17) is 0 Å². The van der Waals surface area contributed by atoms with Crippen LogP contribution in [0.3, 0.4) is 0 Å². The van der Waals surface area contributed by atoms with Crippen LogP contribution < -0.4 is 4.90 Å². The first-order valence-corrected chi connectivity index (χ1v) is 7.81. The lowest BCUT2D eigenvalue weighted by atomic mass is 10.0. The molecule has 3 rings (SSSR count). The molecule has 0 N–H and O–H groups in total. The highest BCUT2D eigenvalue weighted by atomic mass is 16.2. The molecule has 0 aromatic heterocycles. The van der Waals surface area contributed by atoms with Crippen LogP contribution in [0.15, 0.2) is 24.3 Å². The average molecular weight is 286 g/mol. The third-order valence-electron chi connectivity index (χ3n) is 4.67. The second-order valence-electron chi connectivity index (χ2n) is 6.20. The van der Waals surface area contributed by atoms with Crippen LogP contribution in [0.2, 0.25) is 0 Å². The monoisotopic (exact) mass is 286 g/mol. The van der Waals surface area contributed by atoms with E-state index in [0.29, 0.717) is 6.54 Å². The van der Waals surface area contributed by atoms with E-state index in [9.17, 15) is 9.59 Å². The Hall–Kier alpha value is -1.84. The van der Waals surface area contributed by atoms with Crippen molar-refractivity contribution in [3.8, 4) is 0 Å². The molecule has 4 heteroatoms. The summed E-state index contributed by atoms with van der Waals surface area (Å²) in [4.78, 5) is 28.7. The van der Waals surface area contributed by atoms with Gasteiger partial charge in [0.05, 0.1) is 0 Å². The Morgan fingerprint density at radius 3 is 2.57 bits per heavy atom. The van der Waals surface area contributed by atoms with E-state index in [0.717, 1.165) is 36.9 Å².